The fourth-order valence-corrected chi connectivity index (χ4v) is 2.70. The zero-order chi connectivity index (χ0) is 12.8. The number of hydrogen-bond donors (Lipinski definition) is 1. The van der Waals surface area contributed by atoms with E-state index >= 15 is 0 Å². The molecule has 0 spiro atoms. The molecule has 0 bridgehead atoms. The van der Waals surface area contributed by atoms with E-state index in [2.05, 4.69) is 41.5 Å². The number of thiazole rings is 1. The van der Waals surface area contributed by atoms with Crippen molar-refractivity contribution in [2.75, 3.05) is 13.7 Å². The Morgan fingerprint density at radius 1 is 1.44 bits per heavy atom. The lowest BCUT2D eigenvalue weighted by atomic mass is 10.0. The SMILES string of the molecule is CCNC(c1cccc(COC)c1)c1nccs1. The lowest BCUT2D eigenvalue weighted by Gasteiger charge is -2.16. The first-order valence-electron chi connectivity index (χ1n) is 6.05. The number of rotatable bonds is 6. The molecule has 1 aromatic carbocycles. The Hall–Kier alpha value is -1.23. The summed E-state index contributed by atoms with van der Waals surface area (Å²) >= 11 is 1.68. The van der Waals surface area contributed by atoms with Crippen molar-refractivity contribution in [3.8, 4) is 0 Å². The van der Waals surface area contributed by atoms with Crippen LogP contribution in [0, 0.1) is 0 Å². The van der Waals surface area contributed by atoms with Gasteiger partial charge in [0, 0.05) is 18.7 Å². The molecule has 1 aromatic heterocycles. The van der Waals surface area contributed by atoms with Gasteiger partial charge in [0.1, 0.15) is 5.01 Å². The highest BCUT2D eigenvalue weighted by Gasteiger charge is 2.15. The molecule has 96 valence electrons. The lowest BCUT2D eigenvalue weighted by Crippen LogP contribution is -2.21. The highest BCUT2D eigenvalue weighted by molar-refractivity contribution is 7.09. The van der Waals surface area contributed by atoms with Crippen LogP contribution in [-0.4, -0.2) is 18.6 Å². The van der Waals surface area contributed by atoms with Crippen molar-refractivity contribution in [2.45, 2.75) is 19.6 Å². The second kappa shape index (κ2) is 6.64. The molecule has 0 aliphatic carbocycles. The molecule has 0 saturated carbocycles. The number of nitrogens with zero attached hydrogens (tertiary/aromatic N) is 1. The Morgan fingerprint density at radius 2 is 2.33 bits per heavy atom. The molecule has 1 heterocycles. The smallest absolute Gasteiger partial charge is 0.114 e. The van der Waals surface area contributed by atoms with Gasteiger partial charge in [-0.1, -0.05) is 31.2 Å². The molecular weight excluding hydrogens is 244 g/mol. The average molecular weight is 262 g/mol. The third kappa shape index (κ3) is 3.16. The van der Waals surface area contributed by atoms with Crippen LogP contribution in [0.3, 0.4) is 0 Å². The highest BCUT2D eigenvalue weighted by Crippen LogP contribution is 2.24. The summed E-state index contributed by atoms with van der Waals surface area (Å²) in [5.41, 5.74) is 2.43. The summed E-state index contributed by atoms with van der Waals surface area (Å²) in [6, 6.07) is 8.64. The van der Waals surface area contributed by atoms with Crippen LogP contribution in [0.2, 0.25) is 0 Å². The predicted molar refractivity (Wildman–Crippen MR) is 74.8 cm³/mol. The lowest BCUT2D eigenvalue weighted by molar-refractivity contribution is 0.185. The van der Waals surface area contributed by atoms with Gasteiger partial charge >= 0.3 is 0 Å². The molecule has 4 heteroatoms. The Balaban J connectivity index is 2.27. The van der Waals surface area contributed by atoms with Gasteiger partial charge in [0.05, 0.1) is 12.6 Å². The second-order valence-electron chi connectivity index (χ2n) is 4.04. The molecule has 0 aliphatic rings. The Kier molecular flexibility index (Phi) is 4.87. The maximum Gasteiger partial charge on any atom is 0.114 e. The van der Waals surface area contributed by atoms with Crippen LogP contribution in [0.5, 0.6) is 0 Å². The van der Waals surface area contributed by atoms with Gasteiger partial charge in [-0.05, 0) is 17.7 Å². The van der Waals surface area contributed by atoms with Crippen LogP contribution in [0.4, 0.5) is 0 Å². The van der Waals surface area contributed by atoms with E-state index in [1.165, 1.54) is 11.1 Å². The number of nitrogens with one attached hydrogen (secondary N) is 1. The molecule has 18 heavy (non-hydrogen) atoms. The number of aromatic nitrogens is 1. The molecule has 0 radical (unpaired) electrons. The summed E-state index contributed by atoms with van der Waals surface area (Å²) < 4.78 is 5.18. The van der Waals surface area contributed by atoms with E-state index in [0.29, 0.717) is 6.61 Å². The molecule has 2 aromatic rings. The number of methoxy groups -OCH3 is 1. The van der Waals surface area contributed by atoms with E-state index in [1.54, 1.807) is 18.4 Å². The highest BCUT2D eigenvalue weighted by atomic mass is 32.1. The van der Waals surface area contributed by atoms with Crippen molar-refractivity contribution in [1.29, 1.82) is 0 Å². The van der Waals surface area contributed by atoms with E-state index in [9.17, 15) is 0 Å². The normalized spacial score (nSPS) is 12.6. The van der Waals surface area contributed by atoms with E-state index in [4.69, 9.17) is 4.74 Å². The number of ether oxygens (including phenoxy) is 1. The minimum absolute atomic E-state index is 0.173. The standard InChI is InChI=1S/C14H18N2OS/c1-3-15-13(14-16-7-8-18-14)12-6-4-5-11(9-12)10-17-2/h4-9,13,15H,3,10H2,1-2H3. The molecule has 1 N–H and O–H groups in total. The zero-order valence-electron chi connectivity index (χ0n) is 10.7. The van der Waals surface area contributed by atoms with Gasteiger partial charge in [-0.25, -0.2) is 4.98 Å². The van der Waals surface area contributed by atoms with Crippen molar-refractivity contribution >= 4 is 11.3 Å². The zero-order valence-corrected chi connectivity index (χ0v) is 11.5. The third-order valence-electron chi connectivity index (χ3n) is 2.70. The van der Waals surface area contributed by atoms with Gasteiger partial charge in [-0.15, -0.1) is 11.3 Å². The molecule has 0 amide bonds. The summed E-state index contributed by atoms with van der Waals surface area (Å²) in [4.78, 5) is 4.41. The number of hydrogen-bond acceptors (Lipinski definition) is 4. The van der Waals surface area contributed by atoms with Gasteiger partial charge in [0.25, 0.3) is 0 Å². The maximum absolute atomic E-state index is 5.18. The molecule has 0 saturated heterocycles. The van der Waals surface area contributed by atoms with Gasteiger partial charge in [0.15, 0.2) is 0 Å². The summed E-state index contributed by atoms with van der Waals surface area (Å²) in [7, 11) is 1.72. The van der Waals surface area contributed by atoms with Gasteiger partial charge in [-0.3, -0.25) is 0 Å². The second-order valence-corrected chi connectivity index (χ2v) is 4.97. The Bertz CT molecular complexity index is 470. The summed E-state index contributed by atoms with van der Waals surface area (Å²) in [6.45, 7) is 3.67. The van der Waals surface area contributed by atoms with Crippen LogP contribution in [0.25, 0.3) is 0 Å². The summed E-state index contributed by atoms with van der Waals surface area (Å²) in [5, 5.41) is 6.59. The van der Waals surface area contributed by atoms with Crippen molar-refractivity contribution in [1.82, 2.24) is 10.3 Å². The Morgan fingerprint density at radius 3 is 3.00 bits per heavy atom. The molecule has 1 atom stereocenters. The van der Waals surface area contributed by atoms with Crippen molar-refractivity contribution in [3.63, 3.8) is 0 Å². The average Bonchev–Trinajstić information content (AvgIpc) is 2.90. The van der Waals surface area contributed by atoms with Crippen LogP contribution >= 0.6 is 11.3 Å². The third-order valence-corrected chi connectivity index (χ3v) is 3.54. The monoisotopic (exact) mass is 262 g/mol. The molecule has 3 nitrogen and oxygen atoms in total. The van der Waals surface area contributed by atoms with Crippen LogP contribution in [0.1, 0.15) is 29.1 Å². The van der Waals surface area contributed by atoms with E-state index in [1.807, 2.05) is 11.6 Å². The van der Waals surface area contributed by atoms with Gasteiger partial charge in [-0.2, -0.15) is 0 Å². The largest absolute Gasteiger partial charge is 0.380 e. The van der Waals surface area contributed by atoms with Gasteiger partial charge in [0.2, 0.25) is 0 Å². The first-order valence-corrected chi connectivity index (χ1v) is 6.93. The van der Waals surface area contributed by atoms with Crippen LogP contribution in [-0.2, 0) is 11.3 Å². The Labute approximate surface area is 112 Å². The first-order chi connectivity index (χ1) is 8.85. The topological polar surface area (TPSA) is 34.1 Å². The van der Waals surface area contributed by atoms with Gasteiger partial charge < -0.3 is 10.1 Å². The van der Waals surface area contributed by atoms with Crippen molar-refractivity contribution in [2.24, 2.45) is 0 Å². The van der Waals surface area contributed by atoms with Crippen LogP contribution in [0.15, 0.2) is 35.8 Å². The molecule has 0 aliphatic heterocycles. The molecule has 0 fully saturated rings. The minimum atomic E-state index is 0.173. The molecule has 1 unspecified atom stereocenters. The van der Waals surface area contributed by atoms with Crippen LogP contribution < -0.4 is 5.32 Å². The van der Waals surface area contributed by atoms with Crippen molar-refractivity contribution < 1.29 is 4.74 Å². The van der Waals surface area contributed by atoms with E-state index in [0.717, 1.165) is 11.6 Å². The summed E-state index contributed by atoms with van der Waals surface area (Å²) in [6.07, 6.45) is 1.85. The predicted octanol–water partition coefficient (Wildman–Crippen LogP) is 2.99. The maximum atomic E-state index is 5.18. The summed E-state index contributed by atoms with van der Waals surface area (Å²) in [5.74, 6) is 0. The minimum Gasteiger partial charge on any atom is -0.380 e. The van der Waals surface area contributed by atoms with Crippen molar-refractivity contribution in [3.05, 3.63) is 52.0 Å². The molecule has 2 rings (SSSR count). The molecular formula is C14H18N2OS. The quantitative estimate of drug-likeness (QED) is 0.869. The fourth-order valence-electron chi connectivity index (χ4n) is 1.96. The fraction of sp³-hybridized carbons (Fsp3) is 0.357. The van der Waals surface area contributed by atoms with E-state index in [-0.39, 0.29) is 6.04 Å². The van der Waals surface area contributed by atoms with E-state index < -0.39 is 0 Å². The first kappa shape index (κ1) is 13.2. The number of benzene rings is 1.